The number of rotatable bonds is 8. The summed E-state index contributed by atoms with van der Waals surface area (Å²) in [7, 11) is 3.24. The fourth-order valence-corrected chi connectivity index (χ4v) is 2.25. The Hall–Kier alpha value is -1.75. The van der Waals surface area contributed by atoms with Gasteiger partial charge in [-0.05, 0) is 38.6 Å². The van der Waals surface area contributed by atoms with Gasteiger partial charge in [-0.25, -0.2) is 0 Å². The molecule has 0 bridgehead atoms. The van der Waals surface area contributed by atoms with Gasteiger partial charge in [0.05, 0.1) is 20.3 Å². The first-order valence-electron chi connectivity index (χ1n) is 7.26. The molecule has 0 radical (unpaired) electrons. The Labute approximate surface area is 127 Å². The topological polar surface area (TPSA) is 59.6 Å². The van der Waals surface area contributed by atoms with Gasteiger partial charge >= 0.3 is 0 Å². The number of nitrogens with one attached hydrogen (secondary N) is 2. The largest absolute Gasteiger partial charge is 0.497 e. The SMILES string of the molecule is CCNC(C)CC(=O)NC(C)c1cc(OC)ccc1OC. The molecule has 0 saturated heterocycles. The van der Waals surface area contributed by atoms with Gasteiger partial charge in [0.2, 0.25) is 5.91 Å². The van der Waals surface area contributed by atoms with E-state index in [4.69, 9.17) is 9.47 Å². The van der Waals surface area contributed by atoms with Gasteiger partial charge in [0.25, 0.3) is 0 Å². The smallest absolute Gasteiger partial charge is 0.222 e. The van der Waals surface area contributed by atoms with Crippen molar-refractivity contribution >= 4 is 5.91 Å². The van der Waals surface area contributed by atoms with Crippen molar-refractivity contribution in [2.24, 2.45) is 0 Å². The molecule has 1 amide bonds. The van der Waals surface area contributed by atoms with Crippen LogP contribution in [-0.2, 0) is 4.79 Å². The monoisotopic (exact) mass is 294 g/mol. The number of carbonyl (C=O) groups excluding carboxylic acids is 1. The molecule has 0 saturated carbocycles. The molecule has 2 N–H and O–H groups in total. The van der Waals surface area contributed by atoms with Gasteiger partial charge in [0.1, 0.15) is 11.5 Å². The Morgan fingerprint density at radius 2 is 1.95 bits per heavy atom. The van der Waals surface area contributed by atoms with E-state index in [-0.39, 0.29) is 18.0 Å². The first kappa shape index (κ1) is 17.3. The highest BCUT2D eigenvalue weighted by molar-refractivity contribution is 5.77. The van der Waals surface area contributed by atoms with Crippen molar-refractivity contribution in [1.29, 1.82) is 0 Å². The minimum atomic E-state index is -0.142. The molecule has 0 aliphatic heterocycles. The molecule has 0 heterocycles. The predicted octanol–water partition coefficient (Wildman–Crippen LogP) is 2.27. The summed E-state index contributed by atoms with van der Waals surface area (Å²) in [5.41, 5.74) is 0.904. The summed E-state index contributed by atoms with van der Waals surface area (Å²) in [5.74, 6) is 1.50. The van der Waals surface area contributed by atoms with E-state index >= 15 is 0 Å². The number of hydrogen-bond donors (Lipinski definition) is 2. The molecule has 5 nitrogen and oxygen atoms in total. The number of hydrogen-bond acceptors (Lipinski definition) is 4. The maximum atomic E-state index is 12.0. The first-order valence-corrected chi connectivity index (χ1v) is 7.26. The van der Waals surface area contributed by atoms with Gasteiger partial charge in [-0.2, -0.15) is 0 Å². The minimum absolute atomic E-state index is 0.0147. The Bertz CT molecular complexity index is 463. The summed E-state index contributed by atoms with van der Waals surface area (Å²) < 4.78 is 10.6. The molecule has 5 heteroatoms. The molecule has 1 rings (SSSR count). The summed E-state index contributed by atoms with van der Waals surface area (Å²) in [4.78, 5) is 12.0. The van der Waals surface area contributed by atoms with Crippen molar-refractivity contribution in [1.82, 2.24) is 10.6 Å². The molecule has 2 atom stereocenters. The molecule has 0 spiro atoms. The third kappa shape index (κ3) is 5.27. The van der Waals surface area contributed by atoms with E-state index in [0.717, 1.165) is 23.6 Å². The van der Waals surface area contributed by atoms with Crippen LogP contribution >= 0.6 is 0 Å². The zero-order chi connectivity index (χ0) is 15.8. The average molecular weight is 294 g/mol. The van der Waals surface area contributed by atoms with Crippen LogP contribution < -0.4 is 20.1 Å². The predicted molar refractivity (Wildman–Crippen MR) is 83.9 cm³/mol. The van der Waals surface area contributed by atoms with E-state index in [9.17, 15) is 4.79 Å². The highest BCUT2D eigenvalue weighted by Gasteiger charge is 2.16. The lowest BCUT2D eigenvalue weighted by atomic mass is 10.1. The van der Waals surface area contributed by atoms with E-state index < -0.39 is 0 Å². The molecule has 0 aromatic heterocycles. The van der Waals surface area contributed by atoms with Gasteiger partial charge in [0, 0.05) is 18.0 Å². The van der Waals surface area contributed by atoms with Crippen LogP contribution in [0.15, 0.2) is 18.2 Å². The highest BCUT2D eigenvalue weighted by Crippen LogP contribution is 2.29. The van der Waals surface area contributed by atoms with Crippen molar-refractivity contribution in [3.63, 3.8) is 0 Å². The third-order valence-electron chi connectivity index (χ3n) is 3.33. The number of ether oxygens (including phenoxy) is 2. The van der Waals surface area contributed by atoms with Crippen LogP contribution in [0, 0.1) is 0 Å². The van der Waals surface area contributed by atoms with Gasteiger partial charge in [-0.1, -0.05) is 6.92 Å². The summed E-state index contributed by atoms with van der Waals surface area (Å²) in [6.07, 6.45) is 0.449. The average Bonchev–Trinajstić information content (AvgIpc) is 2.46. The standard InChI is InChI=1S/C16H26N2O3/c1-6-17-11(2)9-16(19)18-12(3)14-10-13(20-4)7-8-15(14)21-5/h7-8,10-12,17H,6,9H2,1-5H3,(H,18,19). The van der Waals surface area contributed by atoms with Crippen molar-refractivity contribution in [2.45, 2.75) is 39.3 Å². The van der Waals surface area contributed by atoms with Crippen molar-refractivity contribution in [3.05, 3.63) is 23.8 Å². The fraction of sp³-hybridized carbons (Fsp3) is 0.562. The lowest BCUT2D eigenvalue weighted by Crippen LogP contribution is -2.34. The van der Waals surface area contributed by atoms with E-state index in [2.05, 4.69) is 10.6 Å². The van der Waals surface area contributed by atoms with Crippen LogP contribution in [0.4, 0.5) is 0 Å². The second kappa shape index (κ2) is 8.52. The van der Waals surface area contributed by atoms with Crippen LogP contribution in [0.25, 0.3) is 0 Å². The van der Waals surface area contributed by atoms with Gasteiger partial charge in [-0.15, -0.1) is 0 Å². The second-order valence-electron chi connectivity index (χ2n) is 5.06. The lowest BCUT2D eigenvalue weighted by Gasteiger charge is -2.19. The van der Waals surface area contributed by atoms with Crippen molar-refractivity contribution in [2.75, 3.05) is 20.8 Å². The highest BCUT2D eigenvalue weighted by atomic mass is 16.5. The zero-order valence-electron chi connectivity index (χ0n) is 13.5. The Kier molecular flexibility index (Phi) is 7.02. The Morgan fingerprint density at radius 1 is 1.24 bits per heavy atom. The summed E-state index contributed by atoms with van der Waals surface area (Å²) in [6, 6.07) is 5.59. The Morgan fingerprint density at radius 3 is 2.52 bits per heavy atom. The molecule has 118 valence electrons. The Balaban J connectivity index is 2.74. The van der Waals surface area contributed by atoms with Crippen molar-refractivity contribution < 1.29 is 14.3 Å². The molecule has 0 fully saturated rings. The molecule has 2 unspecified atom stereocenters. The van der Waals surface area contributed by atoms with E-state index in [0.29, 0.717) is 6.42 Å². The number of methoxy groups -OCH3 is 2. The normalized spacial score (nSPS) is 13.4. The summed E-state index contributed by atoms with van der Waals surface area (Å²) >= 11 is 0. The van der Waals surface area contributed by atoms with Crippen LogP contribution in [0.5, 0.6) is 11.5 Å². The van der Waals surface area contributed by atoms with Crippen LogP contribution in [0.2, 0.25) is 0 Å². The molecule has 1 aromatic rings. The second-order valence-corrected chi connectivity index (χ2v) is 5.06. The van der Waals surface area contributed by atoms with Crippen LogP contribution in [0.1, 0.15) is 38.8 Å². The quantitative estimate of drug-likeness (QED) is 0.772. The summed E-state index contributed by atoms with van der Waals surface area (Å²) in [6.45, 7) is 6.82. The van der Waals surface area contributed by atoms with Crippen LogP contribution in [0.3, 0.4) is 0 Å². The molecular weight excluding hydrogens is 268 g/mol. The molecular formula is C16H26N2O3. The summed E-state index contributed by atoms with van der Waals surface area (Å²) in [5, 5.41) is 6.22. The molecule has 0 aliphatic carbocycles. The van der Waals surface area contributed by atoms with E-state index in [1.165, 1.54) is 0 Å². The first-order chi connectivity index (χ1) is 10.0. The molecule has 21 heavy (non-hydrogen) atoms. The minimum Gasteiger partial charge on any atom is -0.497 e. The third-order valence-corrected chi connectivity index (χ3v) is 3.33. The van der Waals surface area contributed by atoms with E-state index in [1.807, 2.05) is 39.0 Å². The number of benzene rings is 1. The molecule has 0 aliphatic rings. The zero-order valence-corrected chi connectivity index (χ0v) is 13.5. The van der Waals surface area contributed by atoms with Gasteiger partial charge in [0.15, 0.2) is 0 Å². The van der Waals surface area contributed by atoms with Crippen LogP contribution in [-0.4, -0.2) is 32.7 Å². The van der Waals surface area contributed by atoms with E-state index in [1.54, 1.807) is 14.2 Å². The molecule has 1 aromatic carbocycles. The maximum absolute atomic E-state index is 12.0. The maximum Gasteiger partial charge on any atom is 0.222 e. The lowest BCUT2D eigenvalue weighted by molar-refractivity contribution is -0.122. The fourth-order valence-electron chi connectivity index (χ4n) is 2.25. The number of amides is 1. The number of carbonyl (C=O) groups is 1. The van der Waals surface area contributed by atoms with Crippen molar-refractivity contribution in [3.8, 4) is 11.5 Å². The van der Waals surface area contributed by atoms with Gasteiger partial charge < -0.3 is 20.1 Å². The van der Waals surface area contributed by atoms with Gasteiger partial charge in [-0.3, -0.25) is 4.79 Å².